The first-order valence-corrected chi connectivity index (χ1v) is 8.44. The van der Waals surface area contributed by atoms with Crippen LogP contribution >= 0.6 is 34.4 Å². The van der Waals surface area contributed by atoms with Gasteiger partial charge in [-0.3, -0.25) is 4.79 Å². The monoisotopic (exact) mass is 339 g/mol. The van der Waals surface area contributed by atoms with E-state index in [-0.39, 0.29) is 6.42 Å². The lowest BCUT2D eigenvalue weighted by Gasteiger charge is -2.16. The molecule has 7 nitrogen and oxygen atoms in total. The lowest BCUT2D eigenvalue weighted by Crippen LogP contribution is -2.19. The van der Waals surface area contributed by atoms with Crippen LogP contribution in [0, 0.1) is 0 Å². The van der Waals surface area contributed by atoms with Crippen LogP contribution in [0.15, 0.2) is 47.9 Å². The minimum atomic E-state index is -0.898. The molecule has 0 unspecified atom stereocenters. The topological polar surface area (TPSA) is 99.6 Å². The number of aliphatic carboxylic acids is 1. The first kappa shape index (κ1) is 14.3. The first-order chi connectivity index (χ1) is 10.2. The van der Waals surface area contributed by atoms with Crippen molar-refractivity contribution in [3.8, 4) is 0 Å². The number of hydrogen-bond donors (Lipinski definition) is 1. The van der Waals surface area contributed by atoms with Crippen LogP contribution in [0.1, 0.15) is 10.6 Å². The lowest BCUT2D eigenvalue weighted by molar-refractivity contribution is -0.136. The number of hydrogen-bond acceptors (Lipinski definition) is 9. The second-order valence-corrected chi connectivity index (χ2v) is 7.55. The molecule has 3 heterocycles. The number of rotatable bonds is 6. The van der Waals surface area contributed by atoms with Crippen molar-refractivity contribution < 1.29 is 9.90 Å². The van der Waals surface area contributed by atoms with Crippen molar-refractivity contribution in [3.05, 3.63) is 33.5 Å². The maximum atomic E-state index is 10.7. The smallest absolute Gasteiger partial charge is 0.309 e. The van der Waals surface area contributed by atoms with Gasteiger partial charge in [-0.15, -0.1) is 32.9 Å². The number of carboxylic acids is 1. The Labute approximate surface area is 131 Å². The van der Waals surface area contributed by atoms with E-state index in [1.165, 1.54) is 23.1 Å². The van der Waals surface area contributed by atoms with E-state index in [1.54, 1.807) is 16.7 Å². The van der Waals surface area contributed by atoms with Crippen molar-refractivity contribution in [2.75, 3.05) is 0 Å². The quantitative estimate of drug-likeness (QED) is 0.868. The highest BCUT2D eigenvalue weighted by molar-refractivity contribution is 8.02. The van der Waals surface area contributed by atoms with E-state index in [9.17, 15) is 4.79 Å². The number of aromatic nitrogens is 1. The van der Waals surface area contributed by atoms with Crippen LogP contribution in [-0.4, -0.2) is 21.1 Å². The first-order valence-electron chi connectivity index (χ1n) is 5.87. The summed E-state index contributed by atoms with van der Waals surface area (Å²) in [7, 11) is 0. The van der Waals surface area contributed by atoms with Crippen molar-refractivity contribution in [2.24, 2.45) is 20.7 Å². The normalized spacial score (nSPS) is 15.6. The van der Waals surface area contributed by atoms with Crippen molar-refractivity contribution >= 4 is 40.4 Å². The minimum absolute atomic E-state index is 0.0853. The number of nitrogens with zero attached hydrogens (tertiary/aromatic N) is 5. The highest BCUT2D eigenvalue weighted by atomic mass is 32.2. The number of thiazole rings is 1. The van der Waals surface area contributed by atoms with Crippen molar-refractivity contribution in [3.63, 3.8) is 0 Å². The molecule has 1 N–H and O–H groups in total. The molecule has 108 valence electrons. The molecule has 0 spiro atoms. The number of thiophene rings is 1. The fourth-order valence-electron chi connectivity index (χ4n) is 1.70. The van der Waals surface area contributed by atoms with Gasteiger partial charge in [0.05, 0.1) is 12.1 Å². The molecule has 1 aliphatic rings. The molecule has 0 aromatic carbocycles. The van der Waals surface area contributed by atoms with Crippen LogP contribution in [0.4, 0.5) is 0 Å². The van der Waals surface area contributed by atoms with E-state index >= 15 is 0 Å². The van der Waals surface area contributed by atoms with Crippen LogP contribution in [0.25, 0.3) is 0 Å². The molecule has 0 bridgehead atoms. The summed E-state index contributed by atoms with van der Waals surface area (Å²) in [6, 6.07) is 3.98. The molecule has 0 atom stereocenters. The Bertz CT molecular complexity index is 683. The van der Waals surface area contributed by atoms with Crippen molar-refractivity contribution in [1.82, 2.24) is 4.98 Å². The number of carbonyl (C=O) groups is 1. The summed E-state index contributed by atoms with van der Waals surface area (Å²) in [5, 5.41) is 28.0. The summed E-state index contributed by atoms with van der Waals surface area (Å²) in [6.07, 6.45) is 0.494. The molecule has 21 heavy (non-hydrogen) atoms. The van der Waals surface area contributed by atoms with Gasteiger partial charge in [-0.05, 0) is 33.7 Å². The predicted molar refractivity (Wildman–Crippen MR) is 79.8 cm³/mol. The molecule has 0 saturated carbocycles. The zero-order valence-corrected chi connectivity index (χ0v) is 13.0. The minimum Gasteiger partial charge on any atom is -0.481 e. The Hall–Kier alpha value is -1.65. The molecular formula is C11H9N5O2S3. The van der Waals surface area contributed by atoms with Crippen LogP contribution in [0.2, 0.25) is 0 Å². The van der Waals surface area contributed by atoms with E-state index in [2.05, 4.69) is 25.7 Å². The molecule has 0 saturated heterocycles. The SMILES string of the molecule is O=C(O)Cc1csc(SC2(Cc3cccs3)N=NN=N2)n1. The van der Waals surface area contributed by atoms with Gasteiger partial charge in [0, 0.05) is 16.7 Å². The fraction of sp³-hybridized carbons (Fsp3) is 0.273. The van der Waals surface area contributed by atoms with Crippen LogP contribution in [-0.2, 0) is 17.6 Å². The van der Waals surface area contributed by atoms with Crippen LogP contribution in [0.5, 0.6) is 0 Å². The van der Waals surface area contributed by atoms with Gasteiger partial charge in [-0.25, -0.2) is 4.98 Å². The molecule has 0 radical (unpaired) electrons. The van der Waals surface area contributed by atoms with E-state index in [0.29, 0.717) is 16.5 Å². The molecule has 2 aromatic heterocycles. The average Bonchev–Trinajstić information content (AvgIpc) is 3.14. The molecule has 1 aliphatic heterocycles. The third kappa shape index (κ3) is 3.52. The highest BCUT2D eigenvalue weighted by Gasteiger charge is 2.36. The average molecular weight is 339 g/mol. The van der Waals surface area contributed by atoms with E-state index in [1.807, 2.05) is 17.5 Å². The molecule has 0 amide bonds. The van der Waals surface area contributed by atoms with Gasteiger partial charge in [-0.2, -0.15) is 0 Å². The van der Waals surface area contributed by atoms with E-state index in [0.717, 1.165) is 4.88 Å². The Morgan fingerprint density at radius 1 is 1.33 bits per heavy atom. The number of thioether (sulfide) groups is 1. The third-order valence-corrected chi connectivity index (χ3v) is 5.54. The van der Waals surface area contributed by atoms with Crippen molar-refractivity contribution in [2.45, 2.75) is 22.2 Å². The summed E-state index contributed by atoms with van der Waals surface area (Å²) in [5.74, 6) is -0.898. The van der Waals surface area contributed by atoms with Crippen LogP contribution < -0.4 is 0 Å². The largest absolute Gasteiger partial charge is 0.481 e. The second-order valence-electron chi connectivity index (χ2n) is 4.16. The fourth-order valence-corrected chi connectivity index (χ4v) is 4.67. The molecule has 10 heteroatoms. The lowest BCUT2D eigenvalue weighted by atomic mass is 10.3. The summed E-state index contributed by atoms with van der Waals surface area (Å²) >= 11 is 4.34. The molecule has 2 aromatic rings. The standard InChI is InChI=1S/C11H9N5O2S3/c17-9(18)4-7-6-20-10(12-7)21-11(13-15-16-14-11)5-8-2-1-3-19-8/h1-3,6H,4-5H2,(H,17,18). The maximum Gasteiger partial charge on any atom is 0.309 e. The number of carboxylic acid groups (broad SMARTS) is 1. The Kier molecular flexibility index (Phi) is 4.08. The van der Waals surface area contributed by atoms with E-state index < -0.39 is 11.0 Å². The summed E-state index contributed by atoms with van der Waals surface area (Å²) in [6.45, 7) is 0. The molecule has 0 aliphatic carbocycles. The maximum absolute atomic E-state index is 10.7. The van der Waals surface area contributed by atoms with Crippen molar-refractivity contribution in [1.29, 1.82) is 0 Å². The zero-order chi connectivity index (χ0) is 14.7. The van der Waals surface area contributed by atoms with Crippen LogP contribution in [0.3, 0.4) is 0 Å². The summed E-state index contributed by atoms with van der Waals surface area (Å²) in [4.78, 5) is 15.3. The highest BCUT2D eigenvalue weighted by Crippen LogP contribution is 2.42. The van der Waals surface area contributed by atoms with Gasteiger partial charge in [0.25, 0.3) is 4.99 Å². The summed E-state index contributed by atoms with van der Waals surface area (Å²) in [5.41, 5.74) is 0.535. The Morgan fingerprint density at radius 2 is 2.14 bits per heavy atom. The second kappa shape index (κ2) is 6.00. The van der Waals surface area contributed by atoms with E-state index in [4.69, 9.17) is 5.11 Å². The van der Waals surface area contributed by atoms with Gasteiger partial charge in [0.2, 0.25) is 0 Å². The van der Waals surface area contributed by atoms with Gasteiger partial charge in [0.15, 0.2) is 4.34 Å². The van der Waals surface area contributed by atoms with Gasteiger partial charge in [-0.1, -0.05) is 6.07 Å². The Balaban J connectivity index is 1.76. The molecular weight excluding hydrogens is 330 g/mol. The molecule has 0 fully saturated rings. The van der Waals surface area contributed by atoms with Gasteiger partial charge in [0.1, 0.15) is 0 Å². The third-order valence-electron chi connectivity index (χ3n) is 2.54. The Morgan fingerprint density at radius 3 is 2.81 bits per heavy atom. The zero-order valence-electron chi connectivity index (χ0n) is 10.5. The van der Waals surface area contributed by atoms with Gasteiger partial charge >= 0.3 is 5.97 Å². The van der Waals surface area contributed by atoms with Gasteiger partial charge < -0.3 is 5.11 Å². The molecule has 3 rings (SSSR count). The predicted octanol–water partition coefficient (Wildman–Crippen LogP) is 3.65. The summed E-state index contributed by atoms with van der Waals surface area (Å²) < 4.78 is 0.711.